The lowest BCUT2D eigenvalue weighted by molar-refractivity contribution is -0.116. The largest absolute Gasteiger partial charge is 0.326 e. The van der Waals surface area contributed by atoms with Gasteiger partial charge in [-0.05, 0) is 96.2 Å². The van der Waals surface area contributed by atoms with Crippen LogP contribution in [0.2, 0.25) is 0 Å². The first-order valence-electron chi connectivity index (χ1n) is 8.74. The van der Waals surface area contributed by atoms with E-state index in [0.29, 0.717) is 0 Å². The van der Waals surface area contributed by atoms with E-state index in [-0.39, 0.29) is 24.5 Å². The van der Waals surface area contributed by atoms with Gasteiger partial charge in [0.05, 0.1) is 0 Å². The van der Waals surface area contributed by atoms with Gasteiger partial charge in [0, 0.05) is 27.7 Å². The summed E-state index contributed by atoms with van der Waals surface area (Å²) in [5.41, 5.74) is 5.25. The van der Waals surface area contributed by atoms with Crippen molar-refractivity contribution in [1.82, 2.24) is 0 Å². The van der Waals surface area contributed by atoms with E-state index < -0.39 is 0 Å². The summed E-state index contributed by atoms with van der Waals surface area (Å²) in [6, 6.07) is 11.9. The summed E-state index contributed by atoms with van der Waals surface area (Å²) in [7, 11) is 0. The SMILES string of the molecule is Cc1cc(I)ccc1NC(=O)CCC(=O)c1ccc2c(c1)CCCC2. The molecule has 0 aromatic heterocycles. The third-order valence-corrected chi connectivity index (χ3v) is 5.38. The van der Waals surface area contributed by atoms with Crippen molar-refractivity contribution >= 4 is 40.0 Å². The van der Waals surface area contributed by atoms with Crippen LogP contribution in [0.25, 0.3) is 0 Å². The second-order valence-corrected chi connectivity index (χ2v) is 7.87. The van der Waals surface area contributed by atoms with Gasteiger partial charge in [0.15, 0.2) is 5.78 Å². The van der Waals surface area contributed by atoms with E-state index in [1.807, 2.05) is 37.3 Å². The molecule has 0 radical (unpaired) electrons. The van der Waals surface area contributed by atoms with Gasteiger partial charge in [-0.25, -0.2) is 0 Å². The maximum Gasteiger partial charge on any atom is 0.224 e. The van der Waals surface area contributed by atoms with Crippen molar-refractivity contribution in [3.63, 3.8) is 0 Å². The van der Waals surface area contributed by atoms with Crippen LogP contribution in [0.15, 0.2) is 36.4 Å². The van der Waals surface area contributed by atoms with Gasteiger partial charge in [-0.2, -0.15) is 0 Å². The van der Waals surface area contributed by atoms with E-state index in [9.17, 15) is 9.59 Å². The van der Waals surface area contributed by atoms with Crippen molar-refractivity contribution in [2.24, 2.45) is 0 Å². The topological polar surface area (TPSA) is 46.2 Å². The monoisotopic (exact) mass is 447 g/mol. The Labute approximate surface area is 162 Å². The lowest BCUT2D eigenvalue weighted by atomic mass is 9.89. The Balaban J connectivity index is 1.57. The van der Waals surface area contributed by atoms with Crippen LogP contribution in [0.4, 0.5) is 5.69 Å². The van der Waals surface area contributed by atoms with Gasteiger partial charge < -0.3 is 5.32 Å². The number of fused-ring (bicyclic) bond motifs is 1. The molecule has 0 unspecified atom stereocenters. The van der Waals surface area contributed by atoms with Crippen LogP contribution in [-0.4, -0.2) is 11.7 Å². The van der Waals surface area contributed by atoms with Crippen LogP contribution in [0.1, 0.15) is 52.7 Å². The molecule has 0 atom stereocenters. The van der Waals surface area contributed by atoms with Gasteiger partial charge in [-0.15, -0.1) is 0 Å². The number of amides is 1. The molecule has 2 aromatic carbocycles. The van der Waals surface area contributed by atoms with Gasteiger partial charge in [0.1, 0.15) is 0 Å². The zero-order chi connectivity index (χ0) is 17.8. The molecule has 0 aliphatic heterocycles. The van der Waals surface area contributed by atoms with E-state index in [1.165, 1.54) is 24.0 Å². The Hall–Kier alpha value is -1.69. The zero-order valence-electron chi connectivity index (χ0n) is 14.4. The molecular formula is C21H22INO2. The first-order chi connectivity index (χ1) is 12.0. The minimum absolute atomic E-state index is 0.0443. The number of hydrogen-bond donors (Lipinski definition) is 1. The van der Waals surface area contributed by atoms with E-state index in [4.69, 9.17) is 0 Å². The van der Waals surface area contributed by atoms with Crippen LogP contribution in [0.3, 0.4) is 0 Å². The zero-order valence-corrected chi connectivity index (χ0v) is 16.6. The van der Waals surface area contributed by atoms with E-state index in [1.54, 1.807) is 0 Å². The summed E-state index contributed by atoms with van der Waals surface area (Å²) in [5, 5.41) is 2.90. The standard InChI is InChI=1S/C21H22INO2/c1-14-12-18(22)8-9-19(14)23-21(25)11-10-20(24)17-7-6-15-4-2-3-5-16(15)13-17/h6-9,12-13H,2-5,10-11H2,1H3,(H,23,25). The molecule has 1 amide bonds. The third-order valence-electron chi connectivity index (χ3n) is 4.71. The molecular weight excluding hydrogens is 425 g/mol. The fourth-order valence-corrected chi connectivity index (χ4v) is 3.91. The highest BCUT2D eigenvalue weighted by molar-refractivity contribution is 14.1. The summed E-state index contributed by atoms with van der Waals surface area (Å²) in [6.45, 7) is 1.97. The molecule has 4 heteroatoms. The highest BCUT2D eigenvalue weighted by Crippen LogP contribution is 2.23. The Morgan fingerprint density at radius 3 is 2.52 bits per heavy atom. The van der Waals surface area contributed by atoms with Crippen LogP contribution < -0.4 is 5.32 Å². The molecule has 130 valence electrons. The number of nitrogens with one attached hydrogen (secondary N) is 1. The Morgan fingerprint density at radius 1 is 1.00 bits per heavy atom. The highest BCUT2D eigenvalue weighted by atomic mass is 127. The number of halogens is 1. The number of hydrogen-bond acceptors (Lipinski definition) is 2. The van der Waals surface area contributed by atoms with Crippen molar-refractivity contribution < 1.29 is 9.59 Å². The van der Waals surface area contributed by atoms with Crippen LogP contribution in [0.5, 0.6) is 0 Å². The van der Waals surface area contributed by atoms with Crippen LogP contribution in [0, 0.1) is 10.5 Å². The van der Waals surface area contributed by atoms with Crippen molar-refractivity contribution in [3.05, 3.63) is 62.2 Å². The summed E-state index contributed by atoms with van der Waals surface area (Å²) >= 11 is 2.24. The van der Waals surface area contributed by atoms with Gasteiger partial charge >= 0.3 is 0 Å². The number of ketones is 1. The number of anilines is 1. The number of Topliss-reactive ketones (excluding diaryl/α,β-unsaturated/α-hetero) is 1. The van der Waals surface area contributed by atoms with E-state index >= 15 is 0 Å². The predicted molar refractivity (Wildman–Crippen MR) is 109 cm³/mol. The van der Waals surface area contributed by atoms with Gasteiger partial charge in [0.2, 0.25) is 5.91 Å². The molecule has 2 aromatic rings. The van der Waals surface area contributed by atoms with Crippen molar-refractivity contribution in [2.45, 2.75) is 45.4 Å². The summed E-state index contributed by atoms with van der Waals surface area (Å²) in [4.78, 5) is 24.6. The Bertz CT molecular complexity index is 814. The third kappa shape index (κ3) is 4.69. The predicted octanol–water partition coefficient (Wildman–Crippen LogP) is 5.08. The normalized spacial score (nSPS) is 13.2. The first kappa shape index (κ1) is 18.1. The molecule has 3 nitrogen and oxygen atoms in total. The van der Waals surface area contributed by atoms with Crippen LogP contribution >= 0.6 is 22.6 Å². The van der Waals surface area contributed by atoms with E-state index in [0.717, 1.165) is 33.2 Å². The lowest BCUT2D eigenvalue weighted by Crippen LogP contribution is -2.14. The smallest absolute Gasteiger partial charge is 0.224 e. The first-order valence-corrected chi connectivity index (χ1v) is 9.82. The maximum atomic E-state index is 12.4. The molecule has 0 fully saturated rings. The molecule has 1 aliphatic carbocycles. The molecule has 3 rings (SSSR count). The number of carbonyl (C=O) groups is 2. The Morgan fingerprint density at radius 2 is 1.76 bits per heavy atom. The fourth-order valence-electron chi connectivity index (χ4n) is 3.26. The van der Waals surface area contributed by atoms with Gasteiger partial charge in [0.25, 0.3) is 0 Å². The molecule has 1 N–H and O–H groups in total. The maximum absolute atomic E-state index is 12.4. The summed E-state index contributed by atoms with van der Waals surface area (Å²) in [5.74, 6) is -0.0709. The minimum Gasteiger partial charge on any atom is -0.326 e. The van der Waals surface area contributed by atoms with E-state index in [2.05, 4.69) is 34.0 Å². The molecule has 0 heterocycles. The number of carbonyl (C=O) groups excluding carboxylic acids is 2. The Kier molecular flexibility index (Phi) is 5.89. The molecule has 25 heavy (non-hydrogen) atoms. The molecule has 1 aliphatic rings. The van der Waals surface area contributed by atoms with Crippen LogP contribution in [-0.2, 0) is 17.6 Å². The molecule has 0 spiro atoms. The quantitative estimate of drug-likeness (QED) is 0.514. The summed E-state index contributed by atoms with van der Waals surface area (Å²) < 4.78 is 1.13. The lowest BCUT2D eigenvalue weighted by Gasteiger charge is -2.16. The fraction of sp³-hybridized carbons (Fsp3) is 0.333. The number of aryl methyl sites for hydroxylation is 3. The molecule has 0 saturated carbocycles. The van der Waals surface area contributed by atoms with Gasteiger partial charge in [-0.3, -0.25) is 9.59 Å². The molecule has 0 saturated heterocycles. The van der Waals surface area contributed by atoms with Crippen molar-refractivity contribution in [1.29, 1.82) is 0 Å². The second-order valence-electron chi connectivity index (χ2n) is 6.62. The van der Waals surface area contributed by atoms with Crippen molar-refractivity contribution in [2.75, 3.05) is 5.32 Å². The average Bonchev–Trinajstić information content (AvgIpc) is 2.61. The highest BCUT2D eigenvalue weighted by Gasteiger charge is 2.14. The van der Waals surface area contributed by atoms with Crippen molar-refractivity contribution in [3.8, 4) is 0 Å². The minimum atomic E-state index is -0.115. The second kappa shape index (κ2) is 8.13. The summed E-state index contributed by atoms with van der Waals surface area (Å²) in [6.07, 6.45) is 5.06. The number of rotatable bonds is 5. The molecule has 0 bridgehead atoms. The average molecular weight is 447 g/mol. The van der Waals surface area contributed by atoms with Gasteiger partial charge in [-0.1, -0.05) is 12.1 Å². The number of benzene rings is 2.